The van der Waals surface area contributed by atoms with Crippen LogP contribution in [0.4, 0.5) is 5.69 Å². The number of fused-ring (bicyclic) bond motifs is 5. The highest BCUT2D eigenvalue weighted by Gasteiger charge is 2.55. The van der Waals surface area contributed by atoms with Crippen LogP contribution in [0.2, 0.25) is 0 Å². The highest BCUT2D eigenvalue weighted by molar-refractivity contribution is 5.61. The molecule has 3 heterocycles. The van der Waals surface area contributed by atoms with Crippen LogP contribution in [0.25, 0.3) is 0 Å². The zero-order chi connectivity index (χ0) is 12.3. The highest BCUT2D eigenvalue weighted by Crippen LogP contribution is 2.52. The molecule has 3 aliphatic rings. The van der Waals surface area contributed by atoms with Crippen LogP contribution in [0.1, 0.15) is 38.2 Å². The van der Waals surface area contributed by atoms with Gasteiger partial charge in [0.25, 0.3) is 0 Å². The fourth-order valence-corrected chi connectivity index (χ4v) is 4.62. The molecule has 4 rings (SSSR count). The van der Waals surface area contributed by atoms with Crippen molar-refractivity contribution in [3.05, 3.63) is 29.8 Å². The van der Waals surface area contributed by atoms with Gasteiger partial charge in [0.05, 0.1) is 6.04 Å². The zero-order valence-corrected chi connectivity index (χ0v) is 11.3. The Labute approximate surface area is 109 Å². The van der Waals surface area contributed by atoms with E-state index in [1.807, 2.05) is 0 Å². The Morgan fingerprint density at radius 3 is 2.89 bits per heavy atom. The number of para-hydroxylation sites is 1. The third kappa shape index (κ3) is 1.17. The summed E-state index contributed by atoms with van der Waals surface area (Å²) in [5.41, 5.74) is 3.29. The van der Waals surface area contributed by atoms with E-state index in [9.17, 15) is 0 Å². The molecule has 2 saturated heterocycles. The molecule has 2 fully saturated rings. The van der Waals surface area contributed by atoms with Crippen LogP contribution in [0.5, 0.6) is 0 Å². The molecule has 2 nitrogen and oxygen atoms in total. The Morgan fingerprint density at radius 2 is 2.00 bits per heavy atom. The first-order chi connectivity index (χ1) is 8.71. The summed E-state index contributed by atoms with van der Waals surface area (Å²) < 4.78 is 0. The number of piperidine rings is 1. The molecule has 0 bridgehead atoms. The Hall–Kier alpha value is -1.02. The van der Waals surface area contributed by atoms with Crippen molar-refractivity contribution in [3.8, 4) is 0 Å². The maximum atomic E-state index is 3.84. The molecule has 3 aliphatic heterocycles. The molecule has 0 spiro atoms. The van der Waals surface area contributed by atoms with Gasteiger partial charge in [-0.3, -0.25) is 4.90 Å². The number of anilines is 1. The summed E-state index contributed by atoms with van der Waals surface area (Å²) in [4.78, 5) is 2.73. The van der Waals surface area contributed by atoms with E-state index in [1.165, 1.54) is 31.6 Å². The fourth-order valence-electron chi connectivity index (χ4n) is 4.62. The SMILES string of the molecule is CC1CCN2CCC3c4ccccc4NC3C12C. The molecule has 2 heteroatoms. The van der Waals surface area contributed by atoms with Crippen LogP contribution >= 0.6 is 0 Å². The zero-order valence-electron chi connectivity index (χ0n) is 11.3. The van der Waals surface area contributed by atoms with E-state index >= 15 is 0 Å². The molecule has 0 radical (unpaired) electrons. The number of nitrogens with one attached hydrogen (secondary N) is 1. The van der Waals surface area contributed by atoms with Crippen LogP contribution in [0, 0.1) is 5.92 Å². The van der Waals surface area contributed by atoms with E-state index in [2.05, 4.69) is 48.3 Å². The van der Waals surface area contributed by atoms with Gasteiger partial charge in [0.1, 0.15) is 0 Å². The molecule has 0 amide bonds. The van der Waals surface area contributed by atoms with E-state index in [0.717, 1.165) is 11.8 Å². The molecular weight excluding hydrogens is 220 g/mol. The lowest BCUT2D eigenvalue weighted by Crippen LogP contribution is -2.60. The van der Waals surface area contributed by atoms with Gasteiger partial charge in [0.2, 0.25) is 0 Å². The molecule has 1 aromatic rings. The van der Waals surface area contributed by atoms with E-state index < -0.39 is 0 Å². The minimum atomic E-state index is 0.349. The molecule has 0 saturated carbocycles. The lowest BCUT2D eigenvalue weighted by molar-refractivity contribution is 0.0580. The van der Waals surface area contributed by atoms with Gasteiger partial charge in [0, 0.05) is 17.1 Å². The second-order valence-electron chi connectivity index (χ2n) is 6.51. The average Bonchev–Trinajstić information content (AvgIpc) is 2.90. The summed E-state index contributed by atoms with van der Waals surface area (Å²) >= 11 is 0. The predicted octanol–water partition coefficient (Wildman–Crippen LogP) is 3.07. The normalized spacial score (nSPS) is 42.0. The standard InChI is InChI=1S/C16H22N2/c1-11-7-9-18-10-8-13-12-5-3-4-6-14(12)17-15(13)16(11,18)2/h3-6,11,13,15,17H,7-10H2,1-2H3. The van der Waals surface area contributed by atoms with Gasteiger partial charge in [-0.05, 0) is 50.4 Å². The first-order valence-electron chi connectivity index (χ1n) is 7.32. The van der Waals surface area contributed by atoms with E-state index in [-0.39, 0.29) is 0 Å². The minimum Gasteiger partial charge on any atom is -0.380 e. The summed E-state index contributed by atoms with van der Waals surface area (Å²) in [6.45, 7) is 7.49. The summed E-state index contributed by atoms with van der Waals surface area (Å²) in [5, 5.41) is 3.84. The van der Waals surface area contributed by atoms with Gasteiger partial charge in [-0.15, -0.1) is 0 Å². The van der Waals surface area contributed by atoms with Crippen molar-refractivity contribution in [1.29, 1.82) is 0 Å². The minimum absolute atomic E-state index is 0.349. The third-order valence-electron chi connectivity index (χ3n) is 5.92. The van der Waals surface area contributed by atoms with Crippen LogP contribution in [-0.2, 0) is 0 Å². The van der Waals surface area contributed by atoms with Crippen molar-refractivity contribution in [1.82, 2.24) is 4.90 Å². The summed E-state index contributed by atoms with van der Waals surface area (Å²) in [5.74, 6) is 1.52. The lowest BCUT2D eigenvalue weighted by Gasteiger charge is -2.49. The number of benzene rings is 1. The molecule has 4 unspecified atom stereocenters. The van der Waals surface area contributed by atoms with Crippen LogP contribution in [0.15, 0.2) is 24.3 Å². The molecule has 96 valence electrons. The third-order valence-corrected chi connectivity index (χ3v) is 5.92. The maximum Gasteiger partial charge on any atom is 0.0515 e. The Bertz CT molecular complexity index is 484. The number of nitrogens with zero attached hydrogens (tertiary/aromatic N) is 1. The van der Waals surface area contributed by atoms with Crippen molar-refractivity contribution in [2.45, 2.75) is 44.2 Å². The van der Waals surface area contributed by atoms with Crippen molar-refractivity contribution >= 4 is 5.69 Å². The summed E-state index contributed by atoms with van der Waals surface area (Å²) in [6, 6.07) is 9.53. The lowest BCUT2D eigenvalue weighted by atomic mass is 9.72. The topological polar surface area (TPSA) is 15.3 Å². The molecule has 0 aromatic heterocycles. The molecule has 18 heavy (non-hydrogen) atoms. The first-order valence-corrected chi connectivity index (χ1v) is 7.32. The average molecular weight is 242 g/mol. The monoisotopic (exact) mass is 242 g/mol. The predicted molar refractivity (Wildman–Crippen MR) is 75.0 cm³/mol. The Morgan fingerprint density at radius 1 is 1.22 bits per heavy atom. The van der Waals surface area contributed by atoms with Gasteiger partial charge >= 0.3 is 0 Å². The molecular formula is C16H22N2. The number of hydrogen-bond acceptors (Lipinski definition) is 2. The van der Waals surface area contributed by atoms with Gasteiger partial charge in [-0.1, -0.05) is 25.1 Å². The van der Waals surface area contributed by atoms with Crippen molar-refractivity contribution in [2.24, 2.45) is 5.92 Å². The van der Waals surface area contributed by atoms with Gasteiger partial charge in [-0.2, -0.15) is 0 Å². The van der Waals surface area contributed by atoms with Crippen LogP contribution in [0.3, 0.4) is 0 Å². The van der Waals surface area contributed by atoms with E-state index in [1.54, 1.807) is 5.56 Å². The molecule has 0 aliphatic carbocycles. The molecule has 4 atom stereocenters. The van der Waals surface area contributed by atoms with Gasteiger partial charge in [-0.25, -0.2) is 0 Å². The van der Waals surface area contributed by atoms with Crippen LogP contribution in [-0.4, -0.2) is 29.6 Å². The Balaban J connectivity index is 1.78. The number of hydrogen-bond donors (Lipinski definition) is 1. The maximum absolute atomic E-state index is 3.84. The van der Waals surface area contributed by atoms with Crippen molar-refractivity contribution in [2.75, 3.05) is 18.4 Å². The Kier molecular flexibility index (Phi) is 2.12. The number of rotatable bonds is 0. The molecule has 1 aromatic carbocycles. The van der Waals surface area contributed by atoms with E-state index in [4.69, 9.17) is 0 Å². The van der Waals surface area contributed by atoms with E-state index in [0.29, 0.717) is 11.6 Å². The van der Waals surface area contributed by atoms with Crippen molar-refractivity contribution < 1.29 is 0 Å². The quantitative estimate of drug-likeness (QED) is 0.752. The second-order valence-corrected chi connectivity index (χ2v) is 6.51. The second kappa shape index (κ2) is 3.51. The smallest absolute Gasteiger partial charge is 0.0515 e. The highest BCUT2D eigenvalue weighted by atomic mass is 15.3. The van der Waals surface area contributed by atoms with Gasteiger partial charge in [0.15, 0.2) is 0 Å². The van der Waals surface area contributed by atoms with Crippen LogP contribution < -0.4 is 5.32 Å². The first kappa shape index (κ1) is 10.9. The largest absolute Gasteiger partial charge is 0.380 e. The summed E-state index contributed by atoms with van der Waals surface area (Å²) in [7, 11) is 0. The molecule has 1 N–H and O–H groups in total. The van der Waals surface area contributed by atoms with Gasteiger partial charge < -0.3 is 5.32 Å². The fraction of sp³-hybridized carbons (Fsp3) is 0.625. The van der Waals surface area contributed by atoms with Crippen molar-refractivity contribution in [3.63, 3.8) is 0 Å². The summed E-state index contributed by atoms with van der Waals surface area (Å²) in [6.07, 6.45) is 2.68.